The zero-order valence-electron chi connectivity index (χ0n) is 15.8. The molecule has 7 heteroatoms. The van der Waals surface area contributed by atoms with Crippen molar-refractivity contribution in [2.45, 2.75) is 31.0 Å². The van der Waals surface area contributed by atoms with Gasteiger partial charge in [-0.15, -0.1) is 0 Å². The normalized spacial score (nSPS) is 17.6. The molecule has 1 aliphatic carbocycles. The first-order valence-corrected chi connectivity index (χ1v) is 9.87. The van der Waals surface area contributed by atoms with E-state index in [1.807, 2.05) is 0 Å². The molecule has 2 aliphatic rings. The Morgan fingerprint density at radius 1 is 1.14 bits per heavy atom. The van der Waals surface area contributed by atoms with Gasteiger partial charge in [-0.25, -0.2) is 4.98 Å². The van der Waals surface area contributed by atoms with Gasteiger partial charge in [0.25, 0.3) is 5.91 Å². The second-order valence-electron chi connectivity index (χ2n) is 7.58. The number of aliphatic hydroxyl groups is 1. The van der Waals surface area contributed by atoms with Crippen LogP contribution < -0.4 is 21.3 Å². The fourth-order valence-corrected chi connectivity index (χ4v) is 3.64. The highest BCUT2D eigenvalue weighted by molar-refractivity contribution is 5.94. The summed E-state index contributed by atoms with van der Waals surface area (Å²) in [5.41, 5.74) is 3.29. The molecule has 1 atom stereocenters. The van der Waals surface area contributed by atoms with Gasteiger partial charge in [0.15, 0.2) is 0 Å². The Morgan fingerprint density at radius 2 is 1.89 bits per heavy atom. The van der Waals surface area contributed by atoms with Gasteiger partial charge in [-0.05, 0) is 36.1 Å². The minimum atomic E-state index is -0.631. The Balaban J connectivity index is 1.20. The van der Waals surface area contributed by atoms with Crippen molar-refractivity contribution in [2.24, 2.45) is 0 Å². The molecule has 1 amide bonds. The lowest BCUT2D eigenvalue weighted by Gasteiger charge is -2.28. The number of benzene rings is 1. The number of aliphatic hydroxyl groups excluding tert-OH is 1. The Kier molecular flexibility index (Phi) is 5.85. The molecule has 5 N–H and O–H groups in total. The molecule has 7 nitrogen and oxygen atoms in total. The van der Waals surface area contributed by atoms with E-state index < -0.39 is 6.10 Å². The van der Waals surface area contributed by atoms with Gasteiger partial charge >= 0.3 is 0 Å². The molecule has 28 heavy (non-hydrogen) atoms. The summed E-state index contributed by atoms with van der Waals surface area (Å²) in [6, 6.07) is 12.6. The van der Waals surface area contributed by atoms with E-state index >= 15 is 0 Å². The molecule has 1 saturated heterocycles. The van der Waals surface area contributed by atoms with Crippen LogP contribution in [-0.2, 0) is 12.8 Å². The van der Waals surface area contributed by atoms with Crippen LogP contribution in [0.25, 0.3) is 0 Å². The van der Waals surface area contributed by atoms with Crippen molar-refractivity contribution in [3.05, 3.63) is 59.3 Å². The quantitative estimate of drug-likeness (QED) is 0.452. The van der Waals surface area contributed by atoms with Crippen LogP contribution in [0, 0.1) is 0 Å². The van der Waals surface area contributed by atoms with Gasteiger partial charge in [0.1, 0.15) is 5.82 Å². The van der Waals surface area contributed by atoms with Crippen molar-refractivity contribution in [1.82, 2.24) is 20.9 Å². The van der Waals surface area contributed by atoms with E-state index in [2.05, 4.69) is 50.5 Å². The van der Waals surface area contributed by atoms with Crippen LogP contribution in [0.5, 0.6) is 0 Å². The van der Waals surface area contributed by atoms with E-state index in [4.69, 9.17) is 0 Å². The predicted molar refractivity (Wildman–Crippen MR) is 108 cm³/mol. The SMILES string of the molecule is O=C(NCC(O)CNC1Cc2ccccc2C1)c1ccnc(NC2CNC2)c1. The number of hydrogen-bond donors (Lipinski definition) is 5. The van der Waals surface area contributed by atoms with Gasteiger partial charge in [-0.1, -0.05) is 24.3 Å². The molecule has 4 rings (SSSR count). The summed E-state index contributed by atoms with van der Waals surface area (Å²) in [5, 5.41) is 22.9. The average Bonchev–Trinajstić information content (AvgIpc) is 3.10. The van der Waals surface area contributed by atoms with Gasteiger partial charge in [-0.3, -0.25) is 4.79 Å². The van der Waals surface area contributed by atoms with Crippen LogP contribution in [0.2, 0.25) is 0 Å². The molecule has 1 aromatic carbocycles. The van der Waals surface area contributed by atoms with E-state index in [1.54, 1.807) is 18.3 Å². The van der Waals surface area contributed by atoms with Crippen LogP contribution in [0.3, 0.4) is 0 Å². The number of pyridine rings is 1. The molecule has 1 fully saturated rings. The van der Waals surface area contributed by atoms with E-state index in [9.17, 15) is 9.90 Å². The Hall–Kier alpha value is -2.48. The molecule has 148 valence electrons. The van der Waals surface area contributed by atoms with Crippen molar-refractivity contribution >= 4 is 11.7 Å². The molecule has 2 heterocycles. The van der Waals surface area contributed by atoms with E-state index in [1.165, 1.54) is 11.1 Å². The molecule has 1 aliphatic heterocycles. The van der Waals surface area contributed by atoms with Crippen molar-refractivity contribution in [2.75, 3.05) is 31.5 Å². The Labute approximate surface area is 165 Å². The number of carbonyl (C=O) groups excluding carboxylic acids is 1. The van der Waals surface area contributed by atoms with Gasteiger partial charge in [0.2, 0.25) is 0 Å². The zero-order chi connectivity index (χ0) is 19.3. The van der Waals surface area contributed by atoms with Crippen LogP contribution in [0.1, 0.15) is 21.5 Å². The molecule has 0 saturated carbocycles. The summed E-state index contributed by atoms with van der Waals surface area (Å²) in [4.78, 5) is 16.6. The second kappa shape index (κ2) is 8.68. The summed E-state index contributed by atoms with van der Waals surface area (Å²) in [7, 11) is 0. The molecule has 0 radical (unpaired) electrons. The van der Waals surface area contributed by atoms with Crippen molar-refractivity contribution < 1.29 is 9.90 Å². The number of aromatic nitrogens is 1. The topological polar surface area (TPSA) is 98.3 Å². The minimum absolute atomic E-state index is 0.204. The second-order valence-corrected chi connectivity index (χ2v) is 7.58. The summed E-state index contributed by atoms with van der Waals surface area (Å²) >= 11 is 0. The van der Waals surface area contributed by atoms with Gasteiger partial charge in [0, 0.05) is 44.0 Å². The molecule has 1 aromatic heterocycles. The lowest BCUT2D eigenvalue weighted by atomic mass is 10.1. The first-order valence-electron chi connectivity index (χ1n) is 9.87. The third kappa shape index (κ3) is 4.67. The maximum absolute atomic E-state index is 12.4. The monoisotopic (exact) mass is 381 g/mol. The Morgan fingerprint density at radius 3 is 2.57 bits per heavy atom. The highest BCUT2D eigenvalue weighted by Gasteiger charge is 2.21. The largest absolute Gasteiger partial charge is 0.390 e. The molecule has 2 aromatic rings. The zero-order valence-corrected chi connectivity index (χ0v) is 15.8. The van der Waals surface area contributed by atoms with E-state index in [0.717, 1.165) is 25.9 Å². The van der Waals surface area contributed by atoms with Crippen molar-refractivity contribution in [1.29, 1.82) is 0 Å². The predicted octanol–water partition coefficient (Wildman–Crippen LogP) is 0.313. The number of amides is 1. The van der Waals surface area contributed by atoms with Gasteiger partial charge in [0.05, 0.1) is 12.1 Å². The maximum atomic E-state index is 12.4. The number of rotatable bonds is 8. The lowest BCUT2D eigenvalue weighted by Crippen LogP contribution is -2.51. The third-order valence-electron chi connectivity index (χ3n) is 5.35. The summed E-state index contributed by atoms with van der Waals surface area (Å²) in [6.07, 6.45) is 2.96. The van der Waals surface area contributed by atoms with Crippen molar-refractivity contribution in [3.8, 4) is 0 Å². The minimum Gasteiger partial charge on any atom is -0.390 e. The van der Waals surface area contributed by atoms with E-state index in [-0.39, 0.29) is 12.5 Å². The fraction of sp³-hybridized carbons (Fsp3) is 0.429. The summed E-state index contributed by atoms with van der Waals surface area (Å²) in [6.45, 7) is 2.48. The smallest absolute Gasteiger partial charge is 0.251 e. The molecular weight excluding hydrogens is 354 g/mol. The summed E-state index contributed by atoms with van der Waals surface area (Å²) in [5.74, 6) is 0.492. The highest BCUT2D eigenvalue weighted by atomic mass is 16.3. The standard InChI is InChI=1S/C21H27N5O2/c27-19(12-24-17-7-14-3-1-2-4-15(14)8-17)13-25-21(28)16-5-6-23-20(9-16)26-18-10-22-11-18/h1-6,9,17-19,22,24,27H,7-8,10-13H2,(H,23,26)(H,25,28). The maximum Gasteiger partial charge on any atom is 0.251 e. The Bertz CT molecular complexity index is 799. The third-order valence-corrected chi connectivity index (χ3v) is 5.35. The number of carbonyl (C=O) groups is 1. The van der Waals surface area contributed by atoms with Crippen LogP contribution >= 0.6 is 0 Å². The van der Waals surface area contributed by atoms with Crippen LogP contribution in [0.4, 0.5) is 5.82 Å². The number of nitrogens with zero attached hydrogens (tertiary/aromatic N) is 1. The number of anilines is 1. The first kappa shape index (κ1) is 18.9. The lowest BCUT2D eigenvalue weighted by molar-refractivity contribution is 0.0914. The highest BCUT2D eigenvalue weighted by Crippen LogP contribution is 2.21. The molecule has 0 spiro atoms. The average molecular weight is 381 g/mol. The van der Waals surface area contributed by atoms with E-state index in [0.29, 0.717) is 30.0 Å². The number of hydrogen-bond acceptors (Lipinski definition) is 6. The van der Waals surface area contributed by atoms with Crippen LogP contribution in [-0.4, -0.2) is 60.4 Å². The first-order chi connectivity index (χ1) is 13.7. The van der Waals surface area contributed by atoms with Gasteiger partial charge < -0.3 is 26.4 Å². The van der Waals surface area contributed by atoms with Crippen LogP contribution in [0.15, 0.2) is 42.6 Å². The molecule has 0 bridgehead atoms. The fourth-order valence-electron chi connectivity index (χ4n) is 3.64. The molecular formula is C21H27N5O2. The number of fused-ring (bicyclic) bond motifs is 1. The van der Waals surface area contributed by atoms with Crippen molar-refractivity contribution in [3.63, 3.8) is 0 Å². The van der Waals surface area contributed by atoms with Gasteiger partial charge in [-0.2, -0.15) is 0 Å². The molecule has 1 unspecified atom stereocenters. The summed E-state index contributed by atoms with van der Waals surface area (Å²) < 4.78 is 0. The number of nitrogens with one attached hydrogen (secondary N) is 4.